The zero-order valence-corrected chi connectivity index (χ0v) is 15.5. The summed E-state index contributed by atoms with van der Waals surface area (Å²) in [6, 6.07) is 7.57. The number of ether oxygens (including phenoxy) is 1. The van der Waals surface area contributed by atoms with Gasteiger partial charge in [-0.25, -0.2) is 20.0 Å². The molecule has 27 heavy (non-hydrogen) atoms. The molecule has 0 amide bonds. The SMILES string of the molecule is C=NN(c1ccc(OC)cc1)c1ncnc(NCCCn2ccnc2)c1C. The molecule has 2 aromatic heterocycles. The number of aryl methyl sites for hydroxylation is 1. The maximum atomic E-state index is 5.21. The van der Waals surface area contributed by atoms with Crippen molar-refractivity contribution in [1.29, 1.82) is 0 Å². The fourth-order valence-electron chi connectivity index (χ4n) is 2.71. The predicted octanol–water partition coefficient (Wildman–Crippen LogP) is 3.25. The highest BCUT2D eigenvalue weighted by atomic mass is 16.5. The molecule has 3 aromatic rings. The van der Waals surface area contributed by atoms with E-state index >= 15 is 0 Å². The van der Waals surface area contributed by atoms with Crippen molar-refractivity contribution < 1.29 is 4.74 Å². The fourth-order valence-corrected chi connectivity index (χ4v) is 2.71. The van der Waals surface area contributed by atoms with Gasteiger partial charge in [0, 0.05) is 37.8 Å². The van der Waals surface area contributed by atoms with Crippen molar-refractivity contribution in [2.24, 2.45) is 5.10 Å². The number of hydrogen-bond acceptors (Lipinski definition) is 7. The third-order valence-corrected chi connectivity index (χ3v) is 4.16. The van der Waals surface area contributed by atoms with Crippen molar-refractivity contribution >= 4 is 24.0 Å². The maximum Gasteiger partial charge on any atom is 0.162 e. The number of benzene rings is 1. The van der Waals surface area contributed by atoms with Crippen molar-refractivity contribution in [3.05, 3.63) is 54.9 Å². The van der Waals surface area contributed by atoms with Crippen LogP contribution in [0.3, 0.4) is 0 Å². The van der Waals surface area contributed by atoms with Gasteiger partial charge in [-0.3, -0.25) is 0 Å². The van der Waals surface area contributed by atoms with Gasteiger partial charge in [-0.15, -0.1) is 0 Å². The molecule has 8 nitrogen and oxygen atoms in total. The van der Waals surface area contributed by atoms with Crippen molar-refractivity contribution in [1.82, 2.24) is 19.5 Å². The minimum Gasteiger partial charge on any atom is -0.497 e. The number of hydrazone groups is 1. The number of methoxy groups -OCH3 is 1. The summed E-state index contributed by atoms with van der Waals surface area (Å²) in [5, 5.41) is 9.19. The van der Waals surface area contributed by atoms with Gasteiger partial charge in [-0.05, 0) is 37.6 Å². The zero-order chi connectivity index (χ0) is 19.1. The summed E-state index contributed by atoms with van der Waals surface area (Å²) in [6.07, 6.45) is 8.04. The van der Waals surface area contributed by atoms with Crippen molar-refractivity contribution in [2.75, 3.05) is 24.0 Å². The predicted molar refractivity (Wildman–Crippen MR) is 107 cm³/mol. The molecule has 0 fully saturated rings. The number of nitrogens with one attached hydrogen (secondary N) is 1. The van der Waals surface area contributed by atoms with Crippen LogP contribution in [0.1, 0.15) is 12.0 Å². The van der Waals surface area contributed by atoms with Gasteiger partial charge in [-0.2, -0.15) is 5.10 Å². The molecule has 0 atom stereocenters. The lowest BCUT2D eigenvalue weighted by atomic mass is 10.2. The average molecular weight is 365 g/mol. The summed E-state index contributed by atoms with van der Waals surface area (Å²) >= 11 is 0. The third kappa shape index (κ3) is 4.41. The van der Waals surface area contributed by atoms with Crippen LogP contribution in [0.25, 0.3) is 0 Å². The minimum atomic E-state index is 0.683. The lowest BCUT2D eigenvalue weighted by Gasteiger charge is -2.21. The first-order valence-corrected chi connectivity index (χ1v) is 8.65. The van der Waals surface area contributed by atoms with E-state index in [-0.39, 0.29) is 0 Å². The molecule has 3 rings (SSSR count). The number of hydrogen-bond donors (Lipinski definition) is 1. The number of nitrogens with zero attached hydrogens (tertiary/aromatic N) is 6. The van der Waals surface area contributed by atoms with Crippen LogP contribution in [0.4, 0.5) is 17.3 Å². The smallest absolute Gasteiger partial charge is 0.162 e. The molecule has 0 bridgehead atoms. The van der Waals surface area contributed by atoms with E-state index in [4.69, 9.17) is 4.74 Å². The van der Waals surface area contributed by atoms with E-state index in [0.717, 1.165) is 42.3 Å². The molecule has 0 saturated heterocycles. The molecule has 0 aliphatic heterocycles. The summed E-state index contributed by atoms with van der Waals surface area (Å²) in [5.41, 5.74) is 1.75. The van der Waals surface area contributed by atoms with E-state index in [2.05, 4.69) is 32.1 Å². The average Bonchev–Trinajstić information content (AvgIpc) is 3.22. The molecule has 2 heterocycles. The molecule has 140 valence electrons. The molecule has 1 N–H and O–H groups in total. The largest absolute Gasteiger partial charge is 0.497 e. The molecule has 0 saturated carbocycles. The highest BCUT2D eigenvalue weighted by Gasteiger charge is 2.15. The van der Waals surface area contributed by atoms with Crippen LogP contribution in [0.5, 0.6) is 5.75 Å². The molecular formula is C19H23N7O. The summed E-state index contributed by atoms with van der Waals surface area (Å²) in [6.45, 7) is 7.34. The highest BCUT2D eigenvalue weighted by Crippen LogP contribution is 2.30. The Balaban J connectivity index is 1.71. The topological polar surface area (TPSA) is 80.5 Å². The van der Waals surface area contributed by atoms with Crippen LogP contribution < -0.4 is 15.1 Å². The minimum absolute atomic E-state index is 0.683. The van der Waals surface area contributed by atoms with Gasteiger partial charge >= 0.3 is 0 Å². The van der Waals surface area contributed by atoms with Gasteiger partial charge in [0.05, 0.1) is 19.1 Å². The first-order chi connectivity index (χ1) is 13.2. The summed E-state index contributed by atoms with van der Waals surface area (Å²) in [4.78, 5) is 12.8. The number of rotatable bonds is 9. The maximum absolute atomic E-state index is 5.21. The Morgan fingerprint density at radius 2 is 2.07 bits per heavy atom. The molecule has 0 unspecified atom stereocenters. The Bertz CT molecular complexity index is 862. The number of imidazole rings is 1. The Hall–Kier alpha value is -3.42. The standard InChI is InChI=1S/C19H23N7O/c1-15-18(22-9-4-11-25-12-10-21-14-25)23-13-24-19(15)26(20-2)16-5-7-17(27-3)8-6-16/h5-8,10,12-14H,2,4,9,11H2,1,3H3,(H,22,23,24). The summed E-state index contributed by atoms with van der Waals surface area (Å²) < 4.78 is 7.26. The Kier molecular flexibility index (Phi) is 5.98. The first kappa shape index (κ1) is 18.4. The van der Waals surface area contributed by atoms with Crippen LogP contribution in [0, 0.1) is 6.92 Å². The van der Waals surface area contributed by atoms with Gasteiger partial charge in [0.25, 0.3) is 0 Å². The third-order valence-electron chi connectivity index (χ3n) is 4.16. The van der Waals surface area contributed by atoms with Crippen LogP contribution in [0.2, 0.25) is 0 Å². The second-order valence-electron chi connectivity index (χ2n) is 5.90. The van der Waals surface area contributed by atoms with E-state index in [9.17, 15) is 0 Å². The van der Waals surface area contributed by atoms with Gasteiger partial charge in [0.15, 0.2) is 5.82 Å². The van der Waals surface area contributed by atoms with E-state index in [1.165, 1.54) is 6.33 Å². The highest BCUT2D eigenvalue weighted by molar-refractivity contribution is 5.67. The molecule has 0 spiro atoms. The second kappa shape index (κ2) is 8.79. The van der Waals surface area contributed by atoms with Gasteiger partial charge in [0.1, 0.15) is 17.9 Å². The Morgan fingerprint density at radius 3 is 2.74 bits per heavy atom. The number of anilines is 3. The normalized spacial score (nSPS) is 10.4. The van der Waals surface area contributed by atoms with E-state index < -0.39 is 0 Å². The van der Waals surface area contributed by atoms with Crippen molar-refractivity contribution in [3.8, 4) is 5.75 Å². The Labute approximate surface area is 158 Å². The van der Waals surface area contributed by atoms with Gasteiger partial charge in [-0.1, -0.05) is 0 Å². The van der Waals surface area contributed by atoms with Crippen molar-refractivity contribution in [3.63, 3.8) is 0 Å². The fraction of sp³-hybridized carbons (Fsp3) is 0.263. The molecule has 0 aliphatic carbocycles. The molecule has 0 aliphatic rings. The summed E-state index contributed by atoms with van der Waals surface area (Å²) in [7, 11) is 1.64. The molecule has 8 heteroatoms. The van der Waals surface area contributed by atoms with Crippen LogP contribution in [-0.4, -0.2) is 39.9 Å². The van der Waals surface area contributed by atoms with Crippen LogP contribution in [0.15, 0.2) is 54.4 Å². The molecule has 0 radical (unpaired) electrons. The quantitative estimate of drug-likeness (QED) is 0.356. The molecule has 1 aromatic carbocycles. The molecular weight excluding hydrogens is 342 g/mol. The van der Waals surface area contributed by atoms with Crippen LogP contribution >= 0.6 is 0 Å². The van der Waals surface area contributed by atoms with Crippen LogP contribution in [-0.2, 0) is 6.54 Å². The lowest BCUT2D eigenvalue weighted by molar-refractivity contribution is 0.415. The number of aromatic nitrogens is 4. The second-order valence-corrected chi connectivity index (χ2v) is 5.90. The zero-order valence-electron chi connectivity index (χ0n) is 15.5. The lowest BCUT2D eigenvalue weighted by Crippen LogP contribution is -2.14. The van der Waals surface area contributed by atoms with Gasteiger partial charge in [0.2, 0.25) is 0 Å². The van der Waals surface area contributed by atoms with Gasteiger partial charge < -0.3 is 14.6 Å². The van der Waals surface area contributed by atoms with E-state index in [0.29, 0.717) is 5.82 Å². The van der Waals surface area contributed by atoms with Crippen molar-refractivity contribution in [2.45, 2.75) is 19.9 Å². The first-order valence-electron chi connectivity index (χ1n) is 8.65. The Morgan fingerprint density at radius 1 is 1.26 bits per heavy atom. The van der Waals surface area contributed by atoms with E-state index in [1.807, 2.05) is 48.3 Å². The summed E-state index contributed by atoms with van der Waals surface area (Å²) in [5.74, 6) is 2.25. The van der Waals surface area contributed by atoms with E-state index in [1.54, 1.807) is 18.3 Å². The monoisotopic (exact) mass is 365 g/mol.